The quantitative estimate of drug-likeness (QED) is 0.275. The Kier molecular flexibility index (Phi) is 9.25. The summed E-state index contributed by atoms with van der Waals surface area (Å²) in [5, 5.41) is 0. The van der Waals surface area contributed by atoms with Crippen LogP contribution in [0.3, 0.4) is 0 Å². The molecule has 3 aromatic rings. The summed E-state index contributed by atoms with van der Waals surface area (Å²) >= 11 is -2.63. The fourth-order valence-corrected chi connectivity index (χ4v) is 17.8. The van der Waals surface area contributed by atoms with Crippen LogP contribution in [0.15, 0.2) is 78.4 Å². The Labute approximate surface area is 296 Å². The summed E-state index contributed by atoms with van der Waals surface area (Å²) in [5.74, 6) is 0.792. The third-order valence-corrected chi connectivity index (χ3v) is 19.8. The monoisotopic (exact) mass is 728 g/mol. The molecule has 3 aromatic carbocycles. The van der Waals surface area contributed by atoms with Crippen LogP contribution in [0.5, 0.6) is 0 Å². The third-order valence-electron chi connectivity index (χ3n) is 11.0. The molecule has 7 rings (SSSR count). The molecule has 46 heavy (non-hydrogen) atoms. The molecule has 0 heterocycles. The second-order valence-electron chi connectivity index (χ2n) is 15.2. The minimum absolute atomic E-state index is 0. The van der Waals surface area contributed by atoms with Crippen molar-refractivity contribution in [3.05, 3.63) is 123 Å². The molecule has 0 nitrogen and oxygen atoms in total. The molecule has 0 saturated carbocycles. The zero-order chi connectivity index (χ0) is 31.5. The SMILES string of the molecule is CC1=CC(C)(C)c2cc3c(cc21)-c1cc2c(cc1C3)C(C)(C)[C]([Zr+2](=[CH]c1ccc(F)cc1)[C]1=C(C)C(C(C)C)=CC1C)=C2C.[Cl-].[Cl-]. The minimum atomic E-state index is -2.63. The van der Waals surface area contributed by atoms with Gasteiger partial charge in [0, 0.05) is 0 Å². The van der Waals surface area contributed by atoms with E-state index in [1.165, 1.54) is 66.8 Å². The van der Waals surface area contributed by atoms with E-state index in [1.807, 2.05) is 12.1 Å². The van der Waals surface area contributed by atoms with Crippen molar-refractivity contribution in [3.63, 3.8) is 0 Å². The second-order valence-corrected chi connectivity index (χ2v) is 20.5. The van der Waals surface area contributed by atoms with Crippen LogP contribution < -0.4 is 24.8 Å². The predicted molar refractivity (Wildman–Crippen MR) is 183 cm³/mol. The minimum Gasteiger partial charge on any atom is -1.00 e. The van der Waals surface area contributed by atoms with Gasteiger partial charge in [-0.15, -0.1) is 0 Å². The molecule has 0 saturated heterocycles. The molecule has 1 atom stereocenters. The van der Waals surface area contributed by atoms with E-state index < -0.39 is 21.3 Å². The zero-order valence-electron chi connectivity index (χ0n) is 28.8. The maximum absolute atomic E-state index is 14.0. The van der Waals surface area contributed by atoms with Crippen molar-refractivity contribution >= 4 is 14.9 Å². The number of fused-ring (bicyclic) bond motifs is 5. The van der Waals surface area contributed by atoms with Crippen LogP contribution in [-0.2, 0) is 38.5 Å². The molecule has 0 fully saturated rings. The average molecular weight is 731 g/mol. The van der Waals surface area contributed by atoms with E-state index in [4.69, 9.17) is 0 Å². The van der Waals surface area contributed by atoms with Gasteiger partial charge in [0.1, 0.15) is 0 Å². The van der Waals surface area contributed by atoms with Crippen molar-refractivity contribution in [3.8, 4) is 11.1 Å². The molecule has 4 heteroatoms. The molecule has 0 aliphatic heterocycles. The average Bonchev–Trinajstić information content (AvgIpc) is 3.59. The van der Waals surface area contributed by atoms with Crippen molar-refractivity contribution in [2.75, 3.05) is 0 Å². The Morgan fingerprint density at radius 2 is 1.39 bits per heavy atom. The third kappa shape index (κ3) is 5.30. The van der Waals surface area contributed by atoms with Gasteiger partial charge < -0.3 is 24.8 Å². The van der Waals surface area contributed by atoms with Crippen molar-refractivity contribution < 1.29 is 50.5 Å². The molecule has 4 aliphatic carbocycles. The Morgan fingerprint density at radius 1 is 0.804 bits per heavy atom. The number of hydrogen-bond acceptors (Lipinski definition) is 0. The molecule has 0 radical (unpaired) electrons. The summed E-state index contributed by atoms with van der Waals surface area (Å²) < 4.78 is 19.9. The van der Waals surface area contributed by atoms with Crippen molar-refractivity contribution in [1.82, 2.24) is 0 Å². The smallest absolute Gasteiger partial charge is 1.00 e. The maximum atomic E-state index is 14.0. The van der Waals surface area contributed by atoms with Gasteiger partial charge in [0.2, 0.25) is 0 Å². The second kappa shape index (κ2) is 12.1. The maximum Gasteiger partial charge on any atom is -1.00 e. The molecule has 0 N–H and O–H groups in total. The van der Waals surface area contributed by atoms with E-state index in [1.54, 1.807) is 18.7 Å². The molecule has 4 aliphatic rings. The van der Waals surface area contributed by atoms with E-state index in [9.17, 15) is 4.39 Å². The summed E-state index contributed by atoms with van der Waals surface area (Å²) in [6, 6.07) is 17.3. The molecular formula is C42H45Cl2FZr. The standard InChI is InChI=1S/C25H25.C10H15.C7H5F.2ClH.Zr/c1-14-12-24(3,4)22-8-16-7-17-9-23-19(15(2)13-25(23,5)6)11-21(17)20(16)10-18(14)22;1-7(2)10-6-8(3)5-9(10)4;1-6-2-4-7(8)5-3-6;;;/h8-12H,7H2,1-6H3;6-8H,1-4H3;1-5H;2*1H;/q;;;;;+2/p-2. The number of halogens is 3. The zero-order valence-corrected chi connectivity index (χ0v) is 32.8. The Morgan fingerprint density at radius 3 is 1.98 bits per heavy atom. The van der Waals surface area contributed by atoms with Crippen LogP contribution in [0, 0.1) is 17.7 Å². The first-order chi connectivity index (χ1) is 20.7. The fourth-order valence-electron chi connectivity index (χ4n) is 9.01. The Hall–Kier alpha value is -2.12. The first-order valence-corrected chi connectivity index (χ1v) is 20.2. The molecule has 0 aromatic heterocycles. The van der Waals surface area contributed by atoms with Gasteiger partial charge in [0.15, 0.2) is 0 Å². The summed E-state index contributed by atoms with van der Waals surface area (Å²) in [5.41, 5.74) is 18.8. The van der Waals surface area contributed by atoms with Crippen molar-refractivity contribution in [1.29, 1.82) is 0 Å². The molecule has 0 bridgehead atoms. The van der Waals surface area contributed by atoms with Gasteiger partial charge in [-0.25, -0.2) is 0 Å². The number of benzene rings is 3. The Balaban J connectivity index is 0.00000208. The summed E-state index contributed by atoms with van der Waals surface area (Å²) in [6.07, 6.45) is 5.98. The van der Waals surface area contributed by atoms with Gasteiger partial charge in [-0.2, -0.15) is 0 Å². The molecule has 238 valence electrons. The van der Waals surface area contributed by atoms with E-state index in [-0.39, 0.29) is 41.5 Å². The summed E-state index contributed by atoms with van der Waals surface area (Å²) in [4.78, 5) is 0. The molecular weight excluding hydrogens is 686 g/mol. The van der Waals surface area contributed by atoms with Crippen LogP contribution in [0.2, 0.25) is 0 Å². The topological polar surface area (TPSA) is 0 Å². The summed E-state index contributed by atoms with van der Waals surface area (Å²) in [7, 11) is 0. The van der Waals surface area contributed by atoms with Gasteiger partial charge in [-0.3, -0.25) is 0 Å². The van der Waals surface area contributed by atoms with E-state index in [2.05, 4.69) is 109 Å². The summed E-state index contributed by atoms with van der Waals surface area (Å²) in [6.45, 7) is 23.7. The van der Waals surface area contributed by atoms with Crippen LogP contribution >= 0.6 is 0 Å². The van der Waals surface area contributed by atoms with E-state index in [0.717, 1.165) is 12.0 Å². The van der Waals surface area contributed by atoms with Gasteiger partial charge in [-0.05, 0) is 0 Å². The first kappa shape index (κ1) is 35.2. The van der Waals surface area contributed by atoms with Gasteiger partial charge in [0.25, 0.3) is 0 Å². The van der Waals surface area contributed by atoms with Gasteiger partial charge in [-0.1, -0.05) is 0 Å². The Bertz CT molecular complexity index is 1940. The van der Waals surface area contributed by atoms with Crippen LogP contribution in [0.1, 0.15) is 108 Å². The van der Waals surface area contributed by atoms with Gasteiger partial charge >= 0.3 is 273 Å². The van der Waals surface area contributed by atoms with Gasteiger partial charge in [0.05, 0.1) is 0 Å². The van der Waals surface area contributed by atoms with E-state index >= 15 is 0 Å². The number of rotatable bonds is 4. The van der Waals surface area contributed by atoms with Crippen LogP contribution in [-0.4, -0.2) is 3.71 Å². The molecule has 1 unspecified atom stereocenters. The predicted octanol–water partition coefficient (Wildman–Crippen LogP) is 5.10. The fraction of sp³-hybridized carbons (Fsp3) is 0.357. The number of hydrogen-bond donors (Lipinski definition) is 0. The normalized spacial score (nSPS) is 19.8. The van der Waals surface area contributed by atoms with Crippen LogP contribution in [0.25, 0.3) is 22.3 Å². The van der Waals surface area contributed by atoms with Crippen molar-refractivity contribution in [2.24, 2.45) is 11.8 Å². The molecule has 0 spiro atoms. The first-order valence-electron chi connectivity index (χ1n) is 16.4. The van der Waals surface area contributed by atoms with Crippen LogP contribution in [0.4, 0.5) is 4.39 Å². The van der Waals surface area contributed by atoms with E-state index in [0.29, 0.717) is 11.8 Å². The molecule has 0 amide bonds. The largest absolute Gasteiger partial charge is 1.00 e. The number of allylic oxidation sites excluding steroid dienone is 8. The van der Waals surface area contributed by atoms with Crippen molar-refractivity contribution in [2.45, 2.75) is 86.5 Å².